The Labute approximate surface area is 148 Å². The smallest absolute Gasteiger partial charge is 0.410 e. The highest BCUT2D eigenvalue weighted by atomic mass is 79.9. The van der Waals surface area contributed by atoms with Crippen LogP contribution < -0.4 is 0 Å². The van der Waals surface area contributed by atoms with Crippen molar-refractivity contribution in [3.63, 3.8) is 0 Å². The zero-order chi connectivity index (χ0) is 16.9. The van der Waals surface area contributed by atoms with Gasteiger partial charge in [-0.25, -0.2) is 4.79 Å². The molecule has 0 atom stereocenters. The van der Waals surface area contributed by atoms with Crippen LogP contribution in [0.15, 0.2) is 0 Å². The van der Waals surface area contributed by atoms with Crippen LogP contribution >= 0.6 is 15.9 Å². The van der Waals surface area contributed by atoms with Gasteiger partial charge in [-0.3, -0.25) is 0 Å². The molecule has 5 nitrogen and oxygen atoms in total. The molecule has 1 saturated carbocycles. The summed E-state index contributed by atoms with van der Waals surface area (Å²) >= 11 is 3.58. The fraction of sp³-hybridized carbons (Fsp3) is 0.941. The number of ether oxygens (including phenoxy) is 3. The largest absolute Gasteiger partial charge is 0.444 e. The third-order valence-corrected chi connectivity index (χ3v) is 5.28. The number of rotatable bonds is 7. The summed E-state index contributed by atoms with van der Waals surface area (Å²) in [6.07, 6.45) is 4.04. The van der Waals surface area contributed by atoms with E-state index in [9.17, 15) is 4.79 Å². The molecule has 1 heterocycles. The van der Waals surface area contributed by atoms with Gasteiger partial charge in [0, 0.05) is 25.0 Å². The third-order valence-electron chi connectivity index (χ3n) is 4.26. The summed E-state index contributed by atoms with van der Waals surface area (Å²) in [5.74, 6) is 0.789. The van der Waals surface area contributed by atoms with E-state index in [2.05, 4.69) is 15.9 Å². The van der Waals surface area contributed by atoms with Crippen LogP contribution in [-0.2, 0) is 14.2 Å². The minimum absolute atomic E-state index is 0.193. The highest BCUT2D eigenvalue weighted by Crippen LogP contribution is 2.30. The predicted molar refractivity (Wildman–Crippen MR) is 93.1 cm³/mol. The SMILES string of the molecule is CC(C)(C)OC(=O)N1CCC(CBr)(OCCOCC2CC2)CC1. The van der Waals surface area contributed by atoms with Crippen LogP contribution in [0.25, 0.3) is 0 Å². The van der Waals surface area contributed by atoms with E-state index in [0.717, 1.165) is 30.7 Å². The molecule has 1 aliphatic carbocycles. The summed E-state index contributed by atoms with van der Waals surface area (Å²) in [4.78, 5) is 13.9. The molecular formula is C17H30BrNO4. The monoisotopic (exact) mass is 391 g/mol. The molecule has 0 radical (unpaired) electrons. The number of halogens is 1. The topological polar surface area (TPSA) is 48.0 Å². The second-order valence-electron chi connectivity index (χ2n) is 7.65. The van der Waals surface area contributed by atoms with Crippen LogP contribution in [0.4, 0.5) is 4.79 Å². The van der Waals surface area contributed by atoms with E-state index in [1.165, 1.54) is 12.8 Å². The molecule has 0 bridgehead atoms. The molecule has 0 aromatic heterocycles. The molecule has 1 amide bonds. The van der Waals surface area contributed by atoms with E-state index >= 15 is 0 Å². The quantitative estimate of drug-likeness (QED) is 0.491. The lowest BCUT2D eigenvalue weighted by Crippen LogP contribution is -2.50. The Morgan fingerprint density at radius 1 is 1.22 bits per heavy atom. The fourth-order valence-electron chi connectivity index (χ4n) is 2.59. The molecule has 2 fully saturated rings. The molecule has 0 N–H and O–H groups in total. The van der Waals surface area contributed by atoms with Crippen LogP contribution in [0.3, 0.4) is 0 Å². The Morgan fingerprint density at radius 2 is 1.87 bits per heavy atom. The lowest BCUT2D eigenvalue weighted by molar-refractivity contribution is -0.0847. The van der Waals surface area contributed by atoms with Crippen LogP contribution in [-0.4, -0.2) is 60.4 Å². The zero-order valence-corrected chi connectivity index (χ0v) is 16.2. The lowest BCUT2D eigenvalue weighted by atomic mass is 9.93. The van der Waals surface area contributed by atoms with Gasteiger partial charge >= 0.3 is 6.09 Å². The average Bonchev–Trinajstić information content (AvgIpc) is 3.30. The first-order valence-corrected chi connectivity index (χ1v) is 9.71. The molecule has 0 aromatic carbocycles. The van der Waals surface area contributed by atoms with Crippen molar-refractivity contribution in [3.8, 4) is 0 Å². The van der Waals surface area contributed by atoms with Crippen LogP contribution in [0, 0.1) is 5.92 Å². The maximum absolute atomic E-state index is 12.1. The van der Waals surface area contributed by atoms with E-state index in [1.54, 1.807) is 4.90 Å². The Balaban J connectivity index is 1.69. The van der Waals surface area contributed by atoms with Gasteiger partial charge in [0.2, 0.25) is 0 Å². The van der Waals surface area contributed by atoms with Crippen molar-refractivity contribution in [3.05, 3.63) is 0 Å². The second kappa shape index (κ2) is 8.17. The number of carbonyl (C=O) groups excluding carboxylic acids is 1. The molecule has 1 saturated heterocycles. The summed E-state index contributed by atoms with van der Waals surface area (Å²) in [7, 11) is 0. The summed E-state index contributed by atoms with van der Waals surface area (Å²) in [6, 6.07) is 0. The first kappa shape index (κ1) is 19.0. The number of alkyl halides is 1. The molecule has 0 spiro atoms. The summed E-state index contributed by atoms with van der Waals surface area (Å²) in [5, 5.41) is 0.783. The lowest BCUT2D eigenvalue weighted by Gasteiger charge is -2.40. The molecule has 0 aromatic rings. The first-order valence-electron chi connectivity index (χ1n) is 8.59. The normalized spacial score (nSPS) is 21.3. The minimum Gasteiger partial charge on any atom is -0.444 e. The highest BCUT2D eigenvalue weighted by Gasteiger charge is 2.37. The third kappa shape index (κ3) is 6.59. The molecule has 134 valence electrons. The van der Waals surface area contributed by atoms with Gasteiger partial charge in [0.15, 0.2) is 0 Å². The number of piperidine rings is 1. The van der Waals surface area contributed by atoms with E-state index in [-0.39, 0.29) is 11.7 Å². The Morgan fingerprint density at radius 3 is 2.39 bits per heavy atom. The first-order chi connectivity index (χ1) is 10.8. The summed E-state index contributed by atoms with van der Waals surface area (Å²) < 4.78 is 17.2. The van der Waals surface area contributed by atoms with Crippen LogP contribution in [0.5, 0.6) is 0 Å². The highest BCUT2D eigenvalue weighted by molar-refractivity contribution is 9.09. The van der Waals surface area contributed by atoms with Crippen molar-refractivity contribution in [1.29, 1.82) is 0 Å². The van der Waals surface area contributed by atoms with Gasteiger partial charge in [0.25, 0.3) is 0 Å². The molecule has 2 aliphatic rings. The van der Waals surface area contributed by atoms with Crippen molar-refractivity contribution >= 4 is 22.0 Å². The number of carbonyl (C=O) groups is 1. The molecule has 1 aliphatic heterocycles. The van der Waals surface area contributed by atoms with Gasteiger partial charge in [-0.1, -0.05) is 15.9 Å². The van der Waals surface area contributed by atoms with E-state index < -0.39 is 5.60 Å². The minimum atomic E-state index is -0.448. The number of amides is 1. The van der Waals surface area contributed by atoms with Crippen molar-refractivity contribution in [2.24, 2.45) is 5.92 Å². The maximum atomic E-state index is 12.1. The summed E-state index contributed by atoms with van der Waals surface area (Å²) in [5.41, 5.74) is -0.641. The molecule has 0 unspecified atom stereocenters. The van der Waals surface area contributed by atoms with Gasteiger partial charge in [0.1, 0.15) is 5.60 Å². The molecule has 2 rings (SSSR count). The van der Waals surface area contributed by atoms with Gasteiger partial charge in [-0.15, -0.1) is 0 Å². The van der Waals surface area contributed by atoms with Crippen LogP contribution in [0.2, 0.25) is 0 Å². The fourth-order valence-corrected chi connectivity index (χ4v) is 3.31. The molecule has 23 heavy (non-hydrogen) atoms. The Kier molecular flexibility index (Phi) is 6.75. The van der Waals surface area contributed by atoms with Crippen LogP contribution in [0.1, 0.15) is 46.5 Å². The number of hydrogen-bond acceptors (Lipinski definition) is 4. The number of nitrogens with zero attached hydrogens (tertiary/aromatic N) is 1. The van der Waals surface area contributed by atoms with Crippen molar-refractivity contribution in [2.75, 3.05) is 38.2 Å². The second-order valence-corrected chi connectivity index (χ2v) is 8.21. The predicted octanol–water partition coefficient (Wildman–Crippen LogP) is 3.59. The van der Waals surface area contributed by atoms with Crippen molar-refractivity contribution in [1.82, 2.24) is 4.90 Å². The van der Waals surface area contributed by atoms with Gasteiger partial charge in [-0.2, -0.15) is 0 Å². The van der Waals surface area contributed by atoms with E-state index in [4.69, 9.17) is 14.2 Å². The Bertz CT molecular complexity index is 385. The molecular weight excluding hydrogens is 362 g/mol. The standard InChI is InChI=1S/C17H30BrNO4/c1-16(2,3)23-15(20)19-8-6-17(13-18,7-9-19)22-11-10-21-12-14-4-5-14/h14H,4-13H2,1-3H3. The van der Waals surface area contributed by atoms with Crippen molar-refractivity contribution < 1.29 is 19.0 Å². The average molecular weight is 392 g/mol. The van der Waals surface area contributed by atoms with Crippen molar-refractivity contribution in [2.45, 2.75) is 57.7 Å². The maximum Gasteiger partial charge on any atom is 0.410 e. The number of hydrogen-bond donors (Lipinski definition) is 0. The summed E-state index contributed by atoms with van der Waals surface area (Å²) in [6.45, 7) is 9.16. The van der Waals surface area contributed by atoms with E-state index in [1.807, 2.05) is 20.8 Å². The molecule has 6 heteroatoms. The van der Waals surface area contributed by atoms with E-state index in [0.29, 0.717) is 26.3 Å². The number of likely N-dealkylation sites (tertiary alicyclic amines) is 1. The van der Waals surface area contributed by atoms with Gasteiger partial charge in [0.05, 0.1) is 18.8 Å². The zero-order valence-electron chi connectivity index (χ0n) is 14.6. The Hall–Kier alpha value is -0.330. The van der Waals surface area contributed by atoms with Gasteiger partial charge in [-0.05, 0) is 52.4 Å². The van der Waals surface area contributed by atoms with Gasteiger partial charge < -0.3 is 19.1 Å².